The first kappa shape index (κ1) is 42.7. The van der Waals surface area contributed by atoms with Crippen LogP contribution in [0.4, 0.5) is 5.69 Å². The van der Waals surface area contributed by atoms with E-state index in [0.717, 1.165) is 65.6 Å². The van der Waals surface area contributed by atoms with Crippen LogP contribution in [0.15, 0.2) is 170 Å². The number of aromatic amines is 2. The summed E-state index contributed by atoms with van der Waals surface area (Å²) >= 11 is 0. The van der Waals surface area contributed by atoms with Crippen LogP contribution in [0.3, 0.4) is 0 Å². The molecule has 2 amide bonds. The number of rotatable bonds is 15. The van der Waals surface area contributed by atoms with E-state index < -0.39 is 47.9 Å². The molecule has 12 nitrogen and oxygen atoms in total. The Morgan fingerprint density at radius 1 is 0.552 bits per heavy atom. The average molecular weight is 889 g/mol. The van der Waals surface area contributed by atoms with Crippen LogP contribution in [0.1, 0.15) is 35.1 Å². The molecular formula is C55H48N6O6. The summed E-state index contributed by atoms with van der Waals surface area (Å²) in [5, 5.41) is 12.1. The van der Waals surface area contributed by atoms with Gasteiger partial charge in [0.05, 0.1) is 0 Å². The summed E-state index contributed by atoms with van der Waals surface area (Å²) in [6.45, 7) is 0.0340. The number of pyridine rings is 1. The van der Waals surface area contributed by atoms with Crippen molar-refractivity contribution >= 4 is 72.8 Å². The predicted molar refractivity (Wildman–Crippen MR) is 259 cm³/mol. The number of esters is 2. The number of carbonyl (C=O) groups is 4. The van der Waals surface area contributed by atoms with E-state index in [-0.39, 0.29) is 38.9 Å². The van der Waals surface area contributed by atoms with Gasteiger partial charge in [-0.3, -0.25) is 14.6 Å². The molecule has 6 aromatic carbocycles. The number of nitrogens with zero attached hydrogens (tertiary/aromatic N) is 2. The van der Waals surface area contributed by atoms with E-state index in [1.807, 2.05) is 146 Å². The van der Waals surface area contributed by atoms with Gasteiger partial charge in [-0.15, -0.1) is 0 Å². The van der Waals surface area contributed by atoms with Crippen LogP contribution in [0, 0.1) is 0 Å². The topological polar surface area (TPSA) is 159 Å². The molecular weight excluding hydrogens is 841 g/mol. The molecule has 4 heterocycles. The van der Waals surface area contributed by atoms with Gasteiger partial charge in [-0.2, -0.15) is 0 Å². The van der Waals surface area contributed by atoms with Crippen molar-refractivity contribution in [3.63, 3.8) is 0 Å². The molecule has 0 bridgehead atoms. The molecule has 0 spiro atoms. The van der Waals surface area contributed by atoms with E-state index in [4.69, 9.17) is 9.47 Å². The average Bonchev–Trinajstić information content (AvgIpc) is 4.12. The molecule has 1 fully saturated rings. The maximum Gasteiger partial charge on any atom is 0.329 e. The highest BCUT2D eigenvalue weighted by atomic mass is 16.5. The number of para-hydroxylation sites is 2. The monoisotopic (exact) mass is 888 g/mol. The molecule has 0 radical (unpaired) electrons. The maximum atomic E-state index is 14.7. The highest BCUT2D eigenvalue weighted by Crippen LogP contribution is 2.32. The van der Waals surface area contributed by atoms with Gasteiger partial charge in [0.25, 0.3) is 0 Å². The molecule has 334 valence electrons. The number of hydrogen-bond donors (Lipinski definition) is 4. The van der Waals surface area contributed by atoms with Crippen LogP contribution in [-0.2, 0) is 54.7 Å². The fraction of sp³-hybridized carbons (Fsp3) is 0.182. The Hall–Kier alpha value is -8.25. The first-order valence-electron chi connectivity index (χ1n) is 22.5. The molecule has 0 unspecified atom stereocenters. The van der Waals surface area contributed by atoms with Crippen LogP contribution >= 0.6 is 0 Å². The van der Waals surface area contributed by atoms with Crippen molar-refractivity contribution in [3.8, 4) is 0 Å². The number of amides is 2. The lowest BCUT2D eigenvalue weighted by atomic mass is 10.0. The smallest absolute Gasteiger partial charge is 0.329 e. The summed E-state index contributed by atoms with van der Waals surface area (Å²) in [6.07, 6.45) is 7.80. The van der Waals surface area contributed by atoms with Crippen molar-refractivity contribution in [1.29, 1.82) is 0 Å². The summed E-state index contributed by atoms with van der Waals surface area (Å²) in [5.41, 5.74) is 5.71. The third-order valence-electron chi connectivity index (χ3n) is 12.7. The molecule has 10 rings (SSSR count). The zero-order valence-electron chi connectivity index (χ0n) is 36.6. The number of aromatic nitrogens is 3. The van der Waals surface area contributed by atoms with Gasteiger partial charge in [0.15, 0.2) is 0 Å². The Kier molecular flexibility index (Phi) is 12.2. The minimum atomic E-state index is -1.06. The second-order valence-electron chi connectivity index (χ2n) is 17.0. The van der Waals surface area contributed by atoms with Crippen LogP contribution in [-0.4, -0.2) is 62.9 Å². The van der Waals surface area contributed by atoms with Crippen molar-refractivity contribution < 1.29 is 28.7 Å². The largest absolute Gasteiger partial charge is 0.459 e. The number of anilines is 1. The number of carbonyl (C=O) groups excluding carboxylic acids is 4. The third kappa shape index (κ3) is 9.32. The fourth-order valence-electron chi connectivity index (χ4n) is 9.33. The highest BCUT2D eigenvalue weighted by molar-refractivity contribution is 5.96. The molecule has 4 atom stereocenters. The van der Waals surface area contributed by atoms with Gasteiger partial charge < -0.3 is 35.0 Å². The standard InChI is InChI=1S/C55H48N6O6/c62-52(59-48(29-41-31-57-46-15-7-5-13-44(41)46)54(64)66-33-35-17-19-37-9-1-3-11-39(37)27-35)50-21-22-51(61(50)43-23-25-56-26-24-43)53(63)60-49(30-42-32-58-47-16-8-6-14-45(42)47)55(65)67-34-36-18-20-38-10-2-4-12-40(38)28-36/h1-20,23-28,31-32,48-51,57-58H,21-22,29-30,33-34H2,(H,59,62)(H,60,63)/t48-,49-,50-,51-/m0/s1. The van der Waals surface area contributed by atoms with Gasteiger partial charge in [0.1, 0.15) is 37.4 Å². The van der Waals surface area contributed by atoms with Crippen molar-refractivity contribution in [3.05, 3.63) is 193 Å². The second-order valence-corrected chi connectivity index (χ2v) is 17.0. The Morgan fingerprint density at radius 2 is 0.985 bits per heavy atom. The predicted octanol–water partition coefficient (Wildman–Crippen LogP) is 8.63. The lowest BCUT2D eigenvalue weighted by Crippen LogP contribution is -2.56. The fourth-order valence-corrected chi connectivity index (χ4v) is 9.33. The minimum absolute atomic E-state index is 0.0170. The highest BCUT2D eigenvalue weighted by Gasteiger charge is 2.43. The SMILES string of the molecule is O=C(OCc1ccc2ccccc2c1)[C@H](Cc1c[nH]c2ccccc12)NC(=O)[C@@H]1CC[C@@H](C(=O)N[C@@H](Cc2c[nH]c3ccccc23)C(=O)OCc2ccc3ccccc3c2)N1c1ccncc1. The summed E-state index contributed by atoms with van der Waals surface area (Å²) in [6, 6.07) is 43.0. The molecule has 1 saturated heterocycles. The summed E-state index contributed by atoms with van der Waals surface area (Å²) < 4.78 is 11.9. The Labute approximate surface area is 386 Å². The summed E-state index contributed by atoms with van der Waals surface area (Å²) in [4.78, 5) is 70.2. The lowest BCUT2D eigenvalue weighted by Gasteiger charge is -2.32. The minimum Gasteiger partial charge on any atom is -0.459 e. The van der Waals surface area contributed by atoms with Crippen molar-refractivity contribution in [1.82, 2.24) is 25.6 Å². The maximum absolute atomic E-state index is 14.7. The molecule has 9 aromatic rings. The number of H-pyrrole nitrogens is 2. The van der Waals surface area contributed by atoms with E-state index >= 15 is 0 Å². The van der Waals surface area contributed by atoms with Gasteiger partial charge in [0.2, 0.25) is 11.8 Å². The van der Waals surface area contributed by atoms with E-state index in [9.17, 15) is 19.2 Å². The summed E-state index contributed by atoms with van der Waals surface area (Å²) in [5.74, 6) is -2.05. The number of hydrogen-bond acceptors (Lipinski definition) is 8. The molecule has 0 saturated carbocycles. The lowest BCUT2D eigenvalue weighted by molar-refractivity contribution is -0.149. The quantitative estimate of drug-likeness (QED) is 0.0746. The van der Waals surface area contributed by atoms with Gasteiger partial charge in [-0.05, 0) is 93.0 Å². The molecule has 67 heavy (non-hydrogen) atoms. The second kappa shape index (κ2) is 19.1. The van der Waals surface area contributed by atoms with E-state index in [1.54, 1.807) is 29.4 Å². The zero-order valence-corrected chi connectivity index (χ0v) is 36.6. The molecule has 4 N–H and O–H groups in total. The van der Waals surface area contributed by atoms with Crippen LogP contribution in [0.5, 0.6) is 0 Å². The van der Waals surface area contributed by atoms with E-state index in [0.29, 0.717) is 5.69 Å². The Balaban J connectivity index is 0.896. The summed E-state index contributed by atoms with van der Waals surface area (Å²) in [7, 11) is 0. The first-order chi connectivity index (χ1) is 32.8. The normalized spacial score (nSPS) is 15.7. The van der Waals surface area contributed by atoms with E-state index in [2.05, 4.69) is 25.6 Å². The molecule has 0 aliphatic carbocycles. The van der Waals surface area contributed by atoms with Crippen molar-refractivity contribution in [2.45, 2.75) is 63.1 Å². The zero-order chi connectivity index (χ0) is 45.7. The van der Waals surface area contributed by atoms with Crippen LogP contribution < -0.4 is 15.5 Å². The molecule has 3 aromatic heterocycles. The first-order valence-corrected chi connectivity index (χ1v) is 22.5. The number of ether oxygens (including phenoxy) is 2. The van der Waals surface area contributed by atoms with Crippen LogP contribution in [0.2, 0.25) is 0 Å². The molecule has 1 aliphatic heterocycles. The van der Waals surface area contributed by atoms with Gasteiger partial charge in [0, 0.05) is 65.1 Å². The molecule has 1 aliphatic rings. The van der Waals surface area contributed by atoms with Gasteiger partial charge in [-0.25, -0.2) is 9.59 Å². The van der Waals surface area contributed by atoms with Crippen molar-refractivity contribution in [2.75, 3.05) is 4.90 Å². The van der Waals surface area contributed by atoms with Gasteiger partial charge in [-0.1, -0.05) is 109 Å². The van der Waals surface area contributed by atoms with Crippen LogP contribution in [0.25, 0.3) is 43.4 Å². The number of fused-ring (bicyclic) bond motifs is 4. The third-order valence-corrected chi connectivity index (χ3v) is 12.7. The van der Waals surface area contributed by atoms with Crippen molar-refractivity contribution in [2.24, 2.45) is 0 Å². The Bertz CT molecular complexity index is 3060. The Morgan fingerprint density at radius 3 is 1.46 bits per heavy atom. The van der Waals surface area contributed by atoms with Gasteiger partial charge >= 0.3 is 11.9 Å². The number of benzene rings is 6. The molecule has 12 heteroatoms. The number of nitrogens with one attached hydrogen (secondary N) is 4. The van der Waals surface area contributed by atoms with E-state index in [1.165, 1.54) is 0 Å².